The van der Waals surface area contributed by atoms with Gasteiger partial charge in [-0.1, -0.05) is 11.4 Å². The summed E-state index contributed by atoms with van der Waals surface area (Å²) in [6.45, 7) is 3.18. The fraction of sp³-hybridized carbons (Fsp3) is 0.455. The number of halogens is 1. The van der Waals surface area contributed by atoms with E-state index in [0.717, 1.165) is 25.1 Å². The number of aromatic nitrogens is 2. The Hall–Kier alpha value is -0.300. The molecule has 1 atom stereocenters. The van der Waals surface area contributed by atoms with Crippen molar-refractivity contribution in [3.63, 3.8) is 0 Å². The van der Waals surface area contributed by atoms with Crippen LogP contribution in [0.5, 0.6) is 0 Å². The van der Waals surface area contributed by atoms with Gasteiger partial charge in [0.15, 0.2) is 0 Å². The molecule has 6 heteroatoms. The van der Waals surface area contributed by atoms with Gasteiger partial charge in [0.05, 0.1) is 11.7 Å². The standard InChI is InChI=1S/C11H14BrN3S2/c1-2-4-13-9(10-7-17-15-14-10)6-11-8(12)3-5-16-11/h3,5,7,9,13H,2,4,6H2,1H3. The maximum Gasteiger partial charge on any atom is 0.0928 e. The molecule has 0 aliphatic rings. The molecule has 0 amide bonds. The van der Waals surface area contributed by atoms with Gasteiger partial charge in [-0.2, -0.15) is 0 Å². The average Bonchev–Trinajstić information content (AvgIpc) is 2.96. The van der Waals surface area contributed by atoms with E-state index in [4.69, 9.17) is 0 Å². The Labute approximate surface area is 118 Å². The summed E-state index contributed by atoms with van der Waals surface area (Å²) in [6, 6.07) is 2.36. The van der Waals surface area contributed by atoms with E-state index in [1.165, 1.54) is 20.9 Å². The first kappa shape index (κ1) is 13.1. The lowest BCUT2D eigenvalue weighted by molar-refractivity contribution is 0.519. The lowest BCUT2D eigenvalue weighted by Crippen LogP contribution is -2.24. The predicted molar refractivity (Wildman–Crippen MR) is 76.7 cm³/mol. The Kier molecular flexibility index (Phi) is 5.09. The van der Waals surface area contributed by atoms with E-state index in [9.17, 15) is 0 Å². The van der Waals surface area contributed by atoms with Gasteiger partial charge in [0.25, 0.3) is 0 Å². The predicted octanol–water partition coefficient (Wildman–Crippen LogP) is 3.65. The monoisotopic (exact) mass is 331 g/mol. The van der Waals surface area contributed by atoms with Crippen LogP contribution in [-0.4, -0.2) is 16.1 Å². The van der Waals surface area contributed by atoms with Crippen molar-refractivity contribution in [2.75, 3.05) is 6.54 Å². The highest BCUT2D eigenvalue weighted by molar-refractivity contribution is 9.10. The van der Waals surface area contributed by atoms with E-state index in [1.807, 2.05) is 5.38 Å². The molecular weight excluding hydrogens is 318 g/mol. The minimum Gasteiger partial charge on any atom is -0.308 e. The summed E-state index contributed by atoms with van der Waals surface area (Å²) in [5, 5.41) is 11.8. The molecule has 1 N–H and O–H groups in total. The largest absolute Gasteiger partial charge is 0.308 e. The number of nitrogens with one attached hydrogen (secondary N) is 1. The van der Waals surface area contributed by atoms with Crippen LogP contribution in [0.3, 0.4) is 0 Å². The van der Waals surface area contributed by atoms with Crippen molar-refractivity contribution in [1.29, 1.82) is 0 Å². The van der Waals surface area contributed by atoms with Gasteiger partial charge in [0.2, 0.25) is 0 Å². The SMILES string of the molecule is CCCNC(Cc1sccc1Br)c1csnn1. The Balaban J connectivity index is 2.08. The second kappa shape index (κ2) is 6.58. The van der Waals surface area contributed by atoms with Crippen molar-refractivity contribution in [2.24, 2.45) is 0 Å². The van der Waals surface area contributed by atoms with Crippen LogP contribution in [0.2, 0.25) is 0 Å². The molecule has 2 rings (SSSR count). The van der Waals surface area contributed by atoms with Gasteiger partial charge >= 0.3 is 0 Å². The molecule has 3 nitrogen and oxygen atoms in total. The Morgan fingerprint density at radius 3 is 3.00 bits per heavy atom. The minimum absolute atomic E-state index is 0.267. The first-order valence-corrected chi connectivity index (χ1v) is 8.04. The molecular formula is C11H14BrN3S2. The summed E-state index contributed by atoms with van der Waals surface area (Å²) >= 11 is 6.76. The highest BCUT2D eigenvalue weighted by Crippen LogP contribution is 2.27. The van der Waals surface area contributed by atoms with Gasteiger partial charge in [-0.25, -0.2) is 0 Å². The quantitative estimate of drug-likeness (QED) is 0.877. The van der Waals surface area contributed by atoms with Crippen molar-refractivity contribution in [3.8, 4) is 0 Å². The molecule has 1 unspecified atom stereocenters. The number of thiophene rings is 1. The fourth-order valence-electron chi connectivity index (χ4n) is 1.58. The second-order valence-electron chi connectivity index (χ2n) is 3.73. The zero-order valence-corrected chi connectivity index (χ0v) is 12.7. The van der Waals surface area contributed by atoms with Crippen LogP contribution in [-0.2, 0) is 6.42 Å². The molecule has 0 aromatic carbocycles. The second-order valence-corrected chi connectivity index (χ2v) is 6.20. The van der Waals surface area contributed by atoms with E-state index in [2.05, 4.69) is 49.2 Å². The molecule has 0 aliphatic heterocycles. The molecule has 2 heterocycles. The highest BCUT2D eigenvalue weighted by Gasteiger charge is 2.16. The van der Waals surface area contributed by atoms with Gasteiger partial charge in [-0.05, 0) is 51.9 Å². The summed E-state index contributed by atoms with van der Waals surface area (Å²) in [5.41, 5.74) is 1.05. The van der Waals surface area contributed by atoms with Gasteiger partial charge in [0.1, 0.15) is 0 Å². The molecule has 2 aromatic rings. The third-order valence-corrected chi connectivity index (χ3v) is 4.93. The van der Waals surface area contributed by atoms with Crippen molar-refractivity contribution in [3.05, 3.63) is 31.9 Å². The first-order valence-electron chi connectivity index (χ1n) is 5.53. The normalized spacial score (nSPS) is 12.8. The van der Waals surface area contributed by atoms with Crippen molar-refractivity contribution < 1.29 is 0 Å². The van der Waals surface area contributed by atoms with Gasteiger partial charge in [0, 0.05) is 21.2 Å². The third-order valence-electron chi connectivity index (χ3n) is 2.46. The topological polar surface area (TPSA) is 37.8 Å². The lowest BCUT2D eigenvalue weighted by atomic mass is 10.1. The molecule has 0 bridgehead atoms. The van der Waals surface area contributed by atoms with Crippen molar-refractivity contribution in [1.82, 2.24) is 14.9 Å². The molecule has 0 spiro atoms. The molecule has 0 aliphatic carbocycles. The molecule has 17 heavy (non-hydrogen) atoms. The van der Waals surface area contributed by atoms with Crippen LogP contribution in [0.15, 0.2) is 21.3 Å². The van der Waals surface area contributed by atoms with Crippen LogP contribution >= 0.6 is 38.8 Å². The van der Waals surface area contributed by atoms with Gasteiger partial charge < -0.3 is 5.32 Å². The zero-order chi connectivity index (χ0) is 12.1. The summed E-state index contributed by atoms with van der Waals surface area (Å²) in [7, 11) is 0. The molecule has 92 valence electrons. The smallest absolute Gasteiger partial charge is 0.0928 e. The Morgan fingerprint density at radius 1 is 1.53 bits per heavy atom. The fourth-order valence-corrected chi connectivity index (χ4v) is 3.65. The average molecular weight is 332 g/mol. The van der Waals surface area contributed by atoms with Gasteiger partial charge in [-0.15, -0.1) is 16.4 Å². The highest BCUT2D eigenvalue weighted by atomic mass is 79.9. The van der Waals surface area contributed by atoms with E-state index < -0.39 is 0 Å². The van der Waals surface area contributed by atoms with Crippen LogP contribution in [0.4, 0.5) is 0 Å². The van der Waals surface area contributed by atoms with Crippen molar-refractivity contribution >= 4 is 38.8 Å². The molecule has 0 fully saturated rings. The number of rotatable bonds is 6. The van der Waals surface area contributed by atoms with Crippen LogP contribution in [0, 0.1) is 0 Å². The maximum atomic E-state index is 4.18. The maximum absolute atomic E-state index is 4.18. The number of hydrogen-bond acceptors (Lipinski definition) is 5. The molecule has 0 saturated carbocycles. The first-order chi connectivity index (χ1) is 8.31. The van der Waals surface area contributed by atoms with Crippen LogP contribution < -0.4 is 5.32 Å². The minimum atomic E-state index is 0.267. The summed E-state index contributed by atoms with van der Waals surface area (Å²) in [4.78, 5) is 1.35. The van der Waals surface area contributed by atoms with E-state index in [0.29, 0.717) is 0 Å². The molecule has 0 radical (unpaired) electrons. The van der Waals surface area contributed by atoms with Crippen LogP contribution in [0.25, 0.3) is 0 Å². The van der Waals surface area contributed by atoms with E-state index in [1.54, 1.807) is 11.3 Å². The van der Waals surface area contributed by atoms with E-state index in [-0.39, 0.29) is 6.04 Å². The summed E-state index contributed by atoms with van der Waals surface area (Å²) in [6.07, 6.45) is 2.09. The molecule has 2 aromatic heterocycles. The number of nitrogens with zero attached hydrogens (tertiary/aromatic N) is 2. The zero-order valence-electron chi connectivity index (χ0n) is 9.52. The Morgan fingerprint density at radius 2 is 2.41 bits per heavy atom. The third kappa shape index (κ3) is 3.58. The number of hydrogen-bond donors (Lipinski definition) is 1. The van der Waals surface area contributed by atoms with Crippen LogP contribution in [0.1, 0.15) is 30.0 Å². The van der Waals surface area contributed by atoms with E-state index >= 15 is 0 Å². The van der Waals surface area contributed by atoms with Gasteiger partial charge in [-0.3, -0.25) is 0 Å². The lowest BCUT2D eigenvalue weighted by Gasteiger charge is -2.15. The summed E-state index contributed by atoms with van der Waals surface area (Å²) < 4.78 is 5.14. The van der Waals surface area contributed by atoms with Crippen molar-refractivity contribution in [2.45, 2.75) is 25.8 Å². The summed E-state index contributed by atoms with van der Waals surface area (Å²) in [5.74, 6) is 0. The Bertz CT molecular complexity index is 441. The molecule has 0 saturated heterocycles.